The van der Waals surface area contributed by atoms with Crippen molar-refractivity contribution in [2.75, 3.05) is 18.4 Å². The van der Waals surface area contributed by atoms with Gasteiger partial charge in [0.1, 0.15) is 0 Å². The van der Waals surface area contributed by atoms with Crippen LogP contribution < -0.4 is 10.6 Å². The van der Waals surface area contributed by atoms with Crippen LogP contribution in [0.2, 0.25) is 0 Å². The Morgan fingerprint density at radius 1 is 1.25 bits per heavy atom. The van der Waals surface area contributed by atoms with Gasteiger partial charge < -0.3 is 10.6 Å². The van der Waals surface area contributed by atoms with Crippen LogP contribution in [-0.4, -0.2) is 19.0 Å². The van der Waals surface area contributed by atoms with Crippen molar-refractivity contribution in [2.24, 2.45) is 0 Å². The molecule has 0 bridgehead atoms. The fourth-order valence-electron chi connectivity index (χ4n) is 1.07. The van der Waals surface area contributed by atoms with Crippen molar-refractivity contribution < 1.29 is 18.0 Å². The molecule has 16 heavy (non-hydrogen) atoms. The summed E-state index contributed by atoms with van der Waals surface area (Å²) in [6.07, 6.45) is 0. The Morgan fingerprint density at radius 3 is 2.31 bits per heavy atom. The van der Waals surface area contributed by atoms with Crippen LogP contribution in [0.5, 0.6) is 0 Å². The zero-order chi connectivity index (χ0) is 12.1. The molecule has 0 aliphatic carbocycles. The van der Waals surface area contributed by atoms with Crippen LogP contribution in [0.1, 0.15) is 6.92 Å². The van der Waals surface area contributed by atoms with Crippen LogP contribution in [0, 0.1) is 17.5 Å². The summed E-state index contributed by atoms with van der Waals surface area (Å²) in [5, 5.41) is 4.97. The Labute approximate surface area is 90.6 Å². The van der Waals surface area contributed by atoms with Gasteiger partial charge in [-0.1, -0.05) is 6.92 Å². The Hall–Kier alpha value is -1.56. The van der Waals surface area contributed by atoms with E-state index in [1.165, 1.54) is 0 Å². The van der Waals surface area contributed by atoms with Crippen molar-refractivity contribution in [3.63, 3.8) is 0 Å². The molecule has 0 saturated heterocycles. The topological polar surface area (TPSA) is 41.1 Å². The number of likely N-dealkylation sites (N-methyl/N-ethyl adjacent to an activating group) is 1. The number of carbonyl (C=O) groups excluding carboxylic acids is 1. The average Bonchev–Trinajstić information content (AvgIpc) is 2.23. The first-order valence-corrected chi connectivity index (χ1v) is 4.69. The SMILES string of the molecule is CCNCC(=O)Nc1cc(F)c(F)c(F)c1. The predicted molar refractivity (Wildman–Crippen MR) is 53.5 cm³/mol. The molecular weight excluding hydrogens is 221 g/mol. The van der Waals surface area contributed by atoms with Gasteiger partial charge in [0, 0.05) is 17.8 Å². The second-order valence-corrected chi connectivity index (χ2v) is 3.08. The Bertz CT molecular complexity index is 373. The Kier molecular flexibility index (Phi) is 4.30. The van der Waals surface area contributed by atoms with Gasteiger partial charge >= 0.3 is 0 Å². The van der Waals surface area contributed by atoms with Crippen molar-refractivity contribution >= 4 is 11.6 Å². The molecular formula is C10H11F3N2O. The molecule has 1 amide bonds. The molecule has 6 heteroatoms. The van der Waals surface area contributed by atoms with Crippen LogP contribution in [-0.2, 0) is 4.79 Å². The highest BCUT2D eigenvalue weighted by molar-refractivity contribution is 5.92. The van der Waals surface area contributed by atoms with Crippen LogP contribution in [0.25, 0.3) is 0 Å². The fraction of sp³-hybridized carbons (Fsp3) is 0.300. The maximum atomic E-state index is 12.8. The van der Waals surface area contributed by atoms with E-state index in [1.807, 2.05) is 6.92 Å². The van der Waals surface area contributed by atoms with Crippen molar-refractivity contribution in [2.45, 2.75) is 6.92 Å². The number of benzene rings is 1. The highest BCUT2D eigenvalue weighted by Gasteiger charge is 2.11. The van der Waals surface area contributed by atoms with E-state index in [1.54, 1.807) is 0 Å². The summed E-state index contributed by atoms with van der Waals surface area (Å²) in [4.78, 5) is 11.2. The molecule has 0 heterocycles. The fourth-order valence-corrected chi connectivity index (χ4v) is 1.07. The van der Waals surface area contributed by atoms with E-state index < -0.39 is 23.4 Å². The van der Waals surface area contributed by atoms with Gasteiger partial charge in [0.25, 0.3) is 0 Å². The second-order valence-electron chi connectivity index (χ2n) is 3.08. The zero-order valence-electron chi connectivity index (χ0n) is 8.61. The van der Waals surface area contributed by atoms with E-state index in [-0.39, 0.29) is 12.2 Å². The van der Waals surface area contributed by atoms with Crippen molar-refractivity contribution in [3.8, 4) is 0 Å². The van der Waals surface area contributed by atoms with Crippen molar-refractivity contribution in [3.05, 3.63) is 29.6 Å². The number of halogens is 3. The third-order valence-electron chi connectivity index (χ3n) is 1.80. The Balaban J connectivity index is 2.71. The summed E-state index contributed by atoms with van der Waals surface area (Å²) < 4.78 is 38.1. The summed E-state index contributed by atoms with van der Waals surface area (Å²) in [6, 6.07) is 1.45. The minimum Gasteiger partial charge on any atom is -0.325 e. The summed E-state index contributed by atoms with van der Waals surface area (Å²) in [5.74, 6) is -4.67. The summed E-state index contributed by atoms with van der Waals surface area (Å²) in [6.45, 7) is 2.43. The molecule has 0 aromatic heterocycles. The van der Waals surface area contributed by atoms with E-state index in [2.05, 4.69) is 10.6 Å². The maximum Gasteiger partial charge on any atom is 0.238 e. The van der Waals surface area contributed by atoms with Gasteiger partial charge in [-0.3, -0.25) is 4.79 Å². The van der Waals surface area contributed by atoms with E-state index in [9.17, 15) is 18.0 Å². The number of nitrogens with one attached hydrogen (secondary N) is 2. The van der Waals surface area contributed by atoms with Gasteiger partial charge in [0.15, 0.2) is 17.5 Å². The third kappa shape index (κ3) is 3.23. The van der Waals surface area contributed by atoms with Crippen molar-refractivity contribution in [1.29, 1.82) is 0 Å². The molecule has 0 radical (unpaired) electrons. The molecule has 0 spiro atoms. The minimum absolute atomic E-state index is 0.0249. The minimum atomic E-state index is -1.55. The lowest BCUT2D eigenvalue weighted by molar-refractivity contribution is -0.115. The average molecular weight is 232 g/mol. The highest BCUT2D eigenvalue weighted by atomic mass is 19.2. The first-order chi connectivity index (χ1) is 7.54. The zero-order valence-corrected chi connectivity index (χ0v) is 8.61. The number of hydrogen-bond acceptors (Lipinski definition) is 2. The molecule has 1 aromatic carbocycles. The molecule has 0 aliphatic heterocycles. The lowest BCUT2D eigenvalue weighted by atomic mass is 10.3. The summed E-state index contributed by atoms with van der Waals surface area (Å²) in [7, 11) is 0. The van der Waals surface area contributed by atoms with Gasteiger partial charge in [-0.25, -0.2) is 13.2 Å². The summed E-state index contributed by atoms with van der Waals surface area (Å²) >= 11 is 0. The maximum absolute atomic E-state index is 12.8. The van der Waals surface area contributed by atoms with E-state index >= 15 is 0 Å². The van der Waals surface area contributed by atoms with E-state index in [4.69, 9.17) is 0 Å². The molecule has 3 nitrogen and oxygen atoms in total. The van der Waals surface area contributed by atoms with Crippen LogP contribution in [0.4, 0.5) is 18.9 Å². The molecule has 0 fully saturated rings. The number of rotatable bonds is 4. The first kappa shape index (κ1) is 12.5. The van der Waals surface area contributed by atoms with E-state index in [0.29, 0.717) is 6.54 Å². The number of hydrogen-bond donors (Lipinski definition) is 2. The van der Waals surface area contributed by atoms with Gasteiger partial charge in [0.05, 0.1) is 6.54 Å². The third-order valence-corrected chi connectivity index (χ3v) is 1.80. The second kappa shape index (κ2) is 5.50. The number of anilines is 1. The number of amides is 1. The quantitative estimate of drug-likeness (QED) is 0.775. The van der Waals surface area contributed by atoms with Crippen molar-refractivity contribution in [1.82, 2.24) is 5.32 Å². The molecule has 0 saturated carbocycles. The lowest BCUT2D eigenvalue weighted by Crippen LogP contribution is -2.27. The van der Waals surface area contributed by atoms with Gasteiger partial charge in [-0.15, -0.1) is 0 Å². The Morgan fingerprint density at radius 2 is 1.81 bits per heavy atom. The molecule has 0 unspecified atom stereocenters. The molecule has 2 N–H and O–H groups in total. The predicted octanol–water partition coefficient (Wildman–Crippen LogP) is 1.65. The van der Waals surface area contributed by atoms with Crippen LogP contribution >= 0.6 is 0 Å². The lowest BCUT2D eigenvalue weighted by Gasteiger charge is -2.06. The molecule has 88 valence electrons. The molecule has 0 atom stereocenters. The first-order valence-electron chi connectivity index (χ1n) is 4.69. The molecule has 0 aliphatic rings. The van der Waals surface area contributed by atoms with E-state index in [0.717, 1.165) is 12.1 Å². The van der Waals surface area contributed by atoms with Crippen LogP contribution in [0.15, 0.2) is 12.1 Å². The number of carbonyl (C=O) groups is 1. The van der Waals surface area contributed by atoms with Gasteiger partial charge in [-0.2, -0.15) is 0 Å². The monoisotopic (exact) mass is 232 g/mol. The highest BCUT2D eigenvalue weighted by Crippen LogP contribution is 2.16. The standard InChI is InChI=1S/C10H11F3N2O/c1-2-14-5-9(16)15-6-3-7(11)10(13)8(12)4-6/h3-4,14H,2,5H2,1H3,(H,15,16). The van der Waals surface area contributed by atoms with Gasteiger partial charge in [0.2, 0.25) is 5.91 Å². The summed E-state index contributed by atoms with van der Waals surface area (Å²) in [5.41, 5.74) is -0.112. The molecule has 1 rings (SSSR count). The normalized spacial score (nSPS) is 10.2. The molecule has 1 aromatic rings. The van der Waals surface area contributed by atoms with Crippen LogP contribution in [0.3, 0.4) is 0 Å². The van der Waals surface area contributed by atoms with Gasteiger partial charge in [-0.05, 0) is 6.54 Å². The smallest absolute Gasteiger partial charge is 0.238 e. The largest absolute Gasteiger partial charge is 0.325 e.